The second-order valence-electron chi connectivity index (χ2n) is 5.76. The molecule has 0 heterocycles. The third-order valence-corrected chi connectivity index (χ3v) is 3.95. The first kappa shape index (κ1) is 19.2. The van der Waals surface area contributed by atoms with Crippen LogP contribution in [-0.2, 0) is 16.1 Å². The van der Waals surface area contributed by atoms with Gasteiger partial charge < -0.3 is 15.0 Å². The molecule has 2 rings (SSSR count). The van der Waals surface area contributed by atoms with Gasteiger partial charge in [-0.3, -0.25) is 9.59 Å². The molecule has 0 bridgehead atoms. The zero-order valence-electron chi connectivity index (χ0n) is 15.1. The number of esters is 1. The predicted molar refractivity (Wildman–Crippen MR) is 98.9 cm³/mol. The minimum atomic E-state index is -0.449. The molecule has 0 aliphatic rings. The molecule has 0 saturated heterocycles. The number of amides is 2. The number of carbonyl (C=O) groups is 3. The molecular formula is C20H22N2O4. The number of methoxy groups -OCH3 is 1. The molecule has 0 aromatic heterocycles. The van der Waals surface area contributed by atoms with Crippen molar-refractivity contribution in [1.82, 2.24) is 4.90 Å². The summed E-state index contributed by atoms with van der Waals surface area (Å²) >= 11 is 0. The zero-order chi connectivity index (χ0) is 19.1. The van der Waals surface area contributed by atoms with Gasteiger partial charge in [0.2, 0.25) is 5.91 Å². The zero-order valence-corrected chi connectivity index (χ0v) is 15.1. The molecule has 2 aromatic rings. The van der Waals surface area contributed by atoms with Crippen LogP contribution in [0.15, 0.2) is 48.5 Å². The highest BCUT2D eigenvalue weighted by Crippen LogP contribution is 2.15. The molecule has 0 aliphatic carbocycles. The van der Waals surface area contributed by atoms with Crippen molar-refractivity contribution >= 4 is 23.5 Å². The van der Waals surface area contributed by atoms with Gasteiger partial charge in [0.15, 0.2) is 0 Å². The molecule has 0 saturated carbocycles. The summed E-state index contributed by atoms with van der Waals surface area (Å²) in [5.74, 6) is -0.722. The highest BCUT2D eigenvalue weighted by Gasteiger charge is 2.11. The van der Waals surface area contributed by atoms with Gasteiger partial charge >= 0.3 is 5.97 Å². The molecule has 136 valence electrons. The SMILES string of the molecule is CCN(Cc1cccc(NC(=O)c2ccc(C(=O)OC)cc2)c1)C(C)=O. The van der Waals surface area contributed by atoms with Crippen LogP contribution in [0.2, 0.25) is 0 Å². The fourth-order valence-corrected chi connectivity index (χ4v) is 2.49. The largest absolute Gasteiger partial charge is 0.465 e. The second-order valence-corrected chi connectivity index (χ2v) is 5.76. The Labute approximate surface area is 152 Å². The molecule has 0 spiro atoms. The smallest absolute Gasteiger partial charge is 0.337 e. The number of rotatable bonds is 6. The van der Waals surface area contributed by atoms with Gasteiger partial charge in [0.1, 0.15) is 0 Å². The number of ether oxygens (including phenoxy) is 1. The van der Waals surface area contributed by atoms with Gasteiger partial charge in [0, 0.05) is 31.3 Å². The quantitative estimate of drug-likeness (QED) is 0.809. The summed E-state index contributed by atoms with van der Waals surface area (Å²) in [5, 5.41) is 2.82. The molecule has 0 aliphatic heterocycles. The molecule has 6 heteroatoms. The van der Waals surface area contributed by atoms with Crippen molar-refractivity contribution in [2.45, 2.75) is 20.4 Å². The van der Waals surface area contributed by atoms with E-state index in [1.54, 1.807) is 35.2 Å². The van der Waals surface area contributed by atoms with E-state index in [1.165, 1.54) is 14.0 Å². The van der Waals surface area contributed by atoms with Gasteiger partial charge in [0.25, 0.3) is 5.91 Å². The average Bonchev–Trinajstić information content (AvgIpc) is 2.65. The van der Waals surface area contributed by atoms with Crippen LogP contribution < -0.4 is 5.32 Å². The third-order valence-electron chi connectivity index (χ3n) is 3.95. The van der Waals surface area contributed by atoms with Crippen LogP contribution in [0, 0.1) is 0 Å². The summed E-state index contributed by atoms with van der Waals surface area (Å²) in [5.41, 5.74) is 2.39. The van der Waals surface area contributed by atoms with E-state index in [0.717, 1.165) is 5.56 Å². The lowest BCUT2D eigenvalue weighted by Gasteiger charge is -2.19. The molecule has 2 amide bonds. The van der Waals surface area contributed by atoms with Gasteiger partial charge in [-0.1, -0.05) is 12.1 Å². The van der Waals surface area contributed by atoms with Gasteiger partial charge in [-0.05, 0) is 48.9 Å². The van der Waals surface area contributed by atoms with Crippen LogP contribution in [0.5, 0.6) is 0 Å². The number of hydrogen-bond donors (Lipinski definition) is 1. The van der Waals surface area contributed by atoms with E-state index in [-0.39, 0.29) is 11.8 Å². The molecule has 6 nitrogen and oxygen atoms in total. The van der Waals surface area contributed by atoms with Crippen LogP contribution in [0.25, 0.3) is 0 Å². The normalized spacial score (nSPS) is 10.1. The molecule has 2 aromatic carbocycles. The van der Waals surface area contributed by atoms with Crippen molar-refractivity contribution < 1.29 is 19.1 Å². The Morgan fingerprint density at radius 2 is 1.69 bits per heavy atom. The monoisotopic (exact) mass is 354 g/mol. The van der Waals surface area contributed by atoms with Gasteiger partial charge in [-0.15, -0.1) is 0 Å². The number of benzene rings is 2. The number of anilines is 1. The molecule has 0 fully saturated rings. The Morgan fingerprint density at radius 3 is 2.27 bits per heavy atom. The molecule has 0 atom stereocenters. The highest BCUT2D eigenvalue weighted by molar-refractivity contribution is 6.04. The van der Waals surface area contributed by atoms with Crippen molar-refractivity contribution in [3.63, 3.8) is 0 Å². The molecule has 0 unspecified atom stereocenters. The van der Waals surface area contributed by atoms with Crippen molar-refractivity contribution in [2.24, 2.45) is 0 Å². The van der Waals surface area contributed by atoms with Gasteiger partial charge in [-0.25, -0.2) is 4.79 Å². The van der Waals surface area contributed by atoms with E-state index in [9.17, 15) is 14.4 Å². The van der Waals surface area contributed by atoms with Crippen LogP contribution in [0.3, 0.4) is 0 Å². The summed E-state index contributed by atoms with van der Waals surface area (Å²) in [6, 6.07) is 13.6. The van der Waals surface area contributed by atoms with Crippen LogP contribution in [0.4, 0.5) is 5.69 Å². The van der Waals surface area contributed by atoms with E-state index in [1.807, 2.05) is 25.1 Å². The minimum absolute atomic E-state index is 0.00707. The molecule has 26 heavy (non-hydrogen) atoms. The standard InChI is InChI=1S/C20H22N2O4/c1-4-22(14(2)23)13-15-6-5-7-18(12-15)21-19(24)16-8-10-17(11-9-16)20(25)26-3/h5-12H,4,13H2,1-3H3,(H,21,24). The Balaban J connectivity index is 2.08. The second kappa shape index (κ2) is 8.80. The summed E-state index contributed by atoms with van der Waals surface area (Å²) in [7, 11) is 1.31. The van der Waals surface area contributed by atoms with Gasteiger partial charge in [0.05, 0.1) is 12.7 Å². The highest BCUT2D eigenvalue weighted by atomic mass is 16.5. The van der Waals surface area contributed by atoms with Crippen LogP contribution in [0.1, 0.15) is 40.1 Å². The fourth-order valence-electron chi connectivity index (χ4n) is 2.49. The third kappa shape index (κ3) is 4.92. The van der Waals surface area contributed by atoms with Crippen molar-refractivity contribution in [3.05, 3.63) is 65.2 Å². The van der Waals surface area contributed by atoms with E-state index in [2.05, 4.69) is 10.1 Å². The topological polar surface area (TPSA) is 75.7 Å². The van der Waals surface area contributed by atoms with E-state index in [0.29, 0.717) is 29.9 Å². The first-order chi connectivity index (χ1) is 12.4. The summed E-state index contributed by atoms with van der Waals surface area (Å²) in [6.45, 7) is 4.57. The summed E-state index contributed by atoms with van der Waals surface area (Å²) in [4.78, 5) is 37.1. The van der Waals surface area contributed by atoms with E-state index < -0.39 is 5.97 Å². The fraction of sp³-hybridized carbons (Fsp3) is 0.250. The predicted octanol–water partition coefficient (Wildman–Crippen LogP) is 3.09. The maximum Gasteiger partial charge on any atom is 0.337 e. The van der Waals surface area contributed by atoms with Crippen LogP contribution in [-0.4, -0.2) is 36.3 Å². The number of carbonyl (C=O) groups excluding carboxylic acids is 3. The molecule has 1 N–H and O–H groups in total. The van der Waals surface area contributed by atoms with Crippen molar-refractivity contribution in [3.8, 4) is 0 Å². The number of nitrogens with zero attached hydrogens (tertiary/aromatic N) is 1. The van der Waals surface area contributed by atoms with Crippen molar-refractivity contribution in [2.75, 3.05) is 19.0 Å². The lowest BCUT2D eigenvalue weighted by molar-refractivity contribution is -0.129. The Kier molecular flexibility index (Phi) is 6.49. The molecular weight excluding hydrogens is 332 g/mol. The summed E-state index contributed by atoms with van der Waals surface area (Å²) in [6.07, 6.45) is 0. The number of hydrogen-bond acceptors (Lipinski definition) is 4. The maximum absolute atomic E-state index is 12.4. The molecule has 0 radical (unpaired) electrons. The first-order valence-electron chi connectivity index (χ1n) is 8.28. The Morgan fingerprint density at radius 1 is 1.04 bits per heavy atom. The lowest BCUT2D eigenvalue weighted by atomic mass is 10.1. The van der Waals surface area contributed by atoms with Crippen molar-refractivity contribution in [1.29, 1.82) is 0 Å². The Bertz CT molecular complexity index is 800. The maximum atomic E-state index is 12.4. The summed E-state index contributed by atoms with van der Waals surface area (Å²) < 4.78 is 4.64. The van der Waals surface area contributed by atoms with E-state index >= 15 is 0 Å². The van der Waals surface area contributed by atoms with E-state index in [4.69, 9.17) is 0 Å². The lowest BCUT2D eigenvalue weighted by Crippen LogP contribution is -2.27. The number of nitrogens with one attached hydrogen (secondary N) is 1. The first-order valence-corrected chi connectivity index (χ1v) is 8.28. The van der Waals surface area contributed by atoms with Crippen LogP contribution >= 0.6 is 0 Å². The minimum Gasteiger partial charge on any atom is -0.465 e. The Hall–Kier alpha value is -3.15. The average molecular weight is 354 g/mol. The van der Waals surface area contributed by atoms with Gasteiger partial charge in [-0.2, -0.15) is 0 Å².